The van der Waals surface area contributed by atoms with E-state index in [1.165, 1.54) is 0 Å². The van der Waals surface area contributed by atoms with Crippen LogP contribution >= 0.6 is 15.9 Å². The summed E-state index contributed by atoms with van der Waals surface area (Å²) in [5.74, 6) is 1.07. The number of carbonyl (C=O) groups is 1. The van der Waals surface area contributed by atoms with Gasteiger partial charge in [-0.05, 0) is 12.1 Å². The van der Waals surface area contributed by atoms with Gasteiger partial charge in [-0.3, -0.25) is 4.79 Å². The van der Waals surface area contributed by atoms with Crippen LogP contribution in [0.1, 0.15) is 12.0 Å². The number of hydrogen-bond donors (Lipinski definition) is 0. The van der Waals surface area contributed by atoms with Gasteiger partial charge in [-0.15, -0.1) is 0 Å². The highest BCUT2D eigenvalue weighted by Gasteiger charge is 2.41. The second-order valence-electron chi connectivity index (χ2n) is 3.51. The summed E-state index contributed by atoms with van der Waals surface area (Å²) < 4.78 is 6.66. The Balaban J connectivity index is 2.04. The number of β-lactam (4-membered cyclic amide) rings is 1. The van der Waals surface area contributed by atoms with E-state index in [0.29, 0.717) is 13.0 Å². The number of nitrogens with zero attached hydrogens (tertiary/aromatic N) is 1. The first-order chi connectivity index (χ1) is 6.75. The van der Waals surface area contributed by atoms with Crippen molar-refractivity contribution >= 4 is 21.8 Å². The standard InChI is InChI=1S/C10H8BrNO2/c11-7-2-1-3-8-6(7)5-12-9(13)4-10(12)14-8/h1-3,10H,4-5H2/t10-/m1/s1. The Morgan fingerprint density at radius 1 is 1.50 bits per heavy atom. The van der Waals surface area contributed by atoms with Crippen LogP contribution in [0, 0.1) is 0 Å². The van der Waals surface area contributed by atoms with Gasteiger partial charge in [0.15, 0.2) is 6.23 Å². The SMILES string of the molecule is O=C1C[C@H]2Oc3cccc(Br)c3CN12. The molecule has 14 heavy (non-hydrogen) atoms. The monoisotopic (exact) mass is 253 g/mol. The molecule has 0 N–H and O–H groups in total. The minimum absolute atomic E-state index is 0.0238. The van der Waals surface area contributed by atoms with Crippen molar-refractivity contribution in [3.63, 3.8) is 0 Å². The minimum atomic E-state index is -0.0238. The van der Waals surface area contributed by atoms with E-state index < -0.39 is 0 Å². The van der Waals surface area contributed by atoms with Gasteiger partial charge in [-0.1, -0.05) is 22.0 Å². The molecule has 0 unspecified atom stereocenters. The van der Waals surface area contributed by atoms with Crippen molar-refractivity contribution in [3.8, 4) is 5.75 Å². The number of carbonyl (C=O) groups excluding carboxylic acids is 1. The Bertz CT molecular complexity index is 419. The third-order valence-electron chi connectivity index (χ3n) is 2.68. The normalized spacial score (nSPS) is 23.4. The van der Waals surface area contributed by atoms with E-state index >= 15 is 0 Å². The summed E-state index contributed by atoms with van der Waals surface area (Å²) in [6.45, 7) is 0.667. The van der Waals surface area contributed by atoms with Crippen LogP contribution in [0.5, 0.6) is 5.75 Å². The van der Waals surface area contributed by atoms with E-state index in [-0.39, 0.29) is 12.1 Å². The molecule has 1 aromatic rings. The zero-order chi connectivity index (χ0) is 9.71. The van der Waals surface area contributed by atoms with Crippen LogP contribution < -0.4 is 4.74 Å². The van der Waals surface area contributed by atoms with Gasteiger partial charge in [0.05, 0.1) is 13.0 Å². The number of hydrogen-bond acceptors (Lipinski definition) is 2. The maximum atomic E-state index is 11.2. The lowest BCUT2D eigenvalue weighted by Gasteiger charge is -2.44. The lowest BCUT2D eigenvalue weighted by Crippen LogP contribution is -2.56. The fourth-order valence-electron chi connectivity index (χ4n) is 1.84. The van der Waals surface area contributed by atoms with E-state index in [1.807, 2.05) is 18.2 Å². The molecule has 72 valence electrons. The van der Waals surface area contributed by atoms with Crippen molar-refractivity contribution in [1.29, 1.82) is 0 Å². The lowest BCUT2D eigenvalue weighted by molar-refractivity contribution is -0.165. The van der Waals surface area contributed by atoms with E-state index in [4.69, 9.17) is 4.74 Å². The average molecular weight is 254 g/mol. The Morgan fingerprint density at radius 2 is 2.36 bits per heavy atom. The number of amides is 1. The van der Waals surface area contributed by atoms with Crippen molar-refractivity contribution in [2.45, 2.75) is 19.2 Å². The molecular formula is C10H8BrNO2. The van der Waals surface area contributed by atoms with Crippen molar-refractivity contribution in [1.82, 2.24) is 4.90 Å². The Morgan fingerprint density at radius 3 is 3.14 bits per heavy atom. The number of ether oxygens (including phenoxy) is 1. The van der Waals surface area contributed by atoms with Gasteiger partial charge < -0.3 is 9.64 Å². The third-order valence-corrected chi connectivity index (χ3v) is 3.43. The van der Waals surface area contributed by atoms with Crippen molar-refractivity contribution < 1.29 is 9.53 Å². The lowest BCUT2D eigenvalue weighted by atomic mass is 10.1. The number of rotatable bonds is 0. The molecule has 0 saturated carbocycles. The first-order valence-corrected chi connectivity index (χ1v) is 5.28. The molecule has 0 radical (unpaired) electrons. The maximum Gasteiger partial charge on any atom is 0.231 e. The maximum absolute atomic E-state index is 11.2. The van der Waals surface area contributed by atoms with Crippen molar-refractivity contribution in [2.24, 2.45) is 0 Å². The van der Waals surface area contributed by atoms with Crippen molar-refractivity contribution in [2.75, 3.05) is 0 Å². The van der Waals surface area contributed by atoms with Crippen LogP contribution in [0.3, 0.4) is 0 Å². The number of halogens is 1. The molecule has 2 aliphatic heterocycles. The molecule has 1 aromatic carbocycles. The Kier molecular flexibility index (Phi) is 1.62. The van der Waals surface area contributed by atoms with E-state index in [2.05, 4.69) is 15.9 Å². The van der Waals surface area contributed by atoms with Crippen LogP contribution in [-0.4, -0.2) is 17.0 Å². The summed E-state index contributed by atoms with van der Waals surface area (Å²) in [6, 6.07) is 5.85. The van der Waals surface area contributed by atoms with Crippen LogP contribution in [0.15, 0.2) is 22.7 Å². The van der Waals surface area contributed by atoms with E-state index in [9.17, 15) is 4.79 Å². The molecule has 4 heteroatoms. The summed E-state index contributed by atoms with van der Waals surface area (Å²) in [7, 11) is 0. The molecule has 3 nitrogen and oxygen atoms in total. The molecule has 1 fully saturated rings. The molecule has 0 aliphatic carbocycles. The van der Waals surface area contributed by atoms with Crippen molar-refractivity contribution in [3.05, 3.63) is 28.2 Å². The van der Waals surface area contributed by atoms with Gasteiger partial charge >= 0.3 is 0 Å². The predicted octanol–water partition coefficient (Wildman–Crippen LogP) is 1.90. The van der Waals surface area contributed by atoms with Crippen LogP contribution in [0.4, 0.5) is 0 Å². The summed E-state index contributed by atoms with van der Waals surface area (Å²) in [6.07, 6.45) is 0.496. The first kappa shape index (κ1) is 8.29. The summed E-state index contributed by atoms with van der Waals surface area (Å²) in [5, 5.41) is 0. The second-order valence-corrected chi connectivity index (χ2v) is 4.37. The zero-order valence-corrected chi connectivity index (χ0v) is 8.95. The smallest absolute Gasteiger partial charge is 0.231 e. The Hall–Kier alpha value is -1.03. The molecule has 1 atom stereocenters. The highest BCUT2D eigenvalue weighted by atomic mass is 79.9. The summed E-state index contributed by atoms with van der Waals surface area (Å²) >= 11 is 3.46. The quantitative estimate of drug-likeness (QED) is 0.662. The molecule has 0 bridgehead atoms. The van der Waals surface area contributed by atoms with Gasteiger partial charge in [0.2, 0.25) is 5.91 Å². The van der Waals surface area contributed by atoms with E-state index in [1.54, 1.807) is 4.90 Å². The molecule has 3 rings (SSSR count). The summed E-state index contributed by atoms with van der Waals surface area (Å²) in [5.41, 5.74) is 1.07. The second kappa shape index (κ2) is 2.73. The minimum Gasteiger partial charge on any atom is -0.469 e. The van der Waals surface area contributed by atoms with Gasteiger partial charge in [0, 0.05) is 10.0 Å². The molecule has 2 aliphatic rings. The highest BCUT2D eigenvalue weighted by molar-refractivity contribution is 9.10. The van der Waals surface area contributed by atoms with Gasteiger partial charge in [0.1, 0.15) is 5.75 Å². The molecule has 1 saturated heterocycles. The van der Waals surface area contributed by atoms with Crippen LogP contribution in [0.2, 0.25) is 0 Å². The van der Waals surface area contributed by atoms with Gasteiger partial charge in [-0.2, -0.15) is 0 Å². The fourth-order valence-corrected chi connectivity index (χ4v) is 2.31. The topological polar surface area (TPSA) is 29.5 Å². The number of benzene rings is 1. The fraction of sp³-hybridized carbons (Fsp3) is 0.300. The van der Waals surface area contributed by atoms with Gasteiger partial charge in [0.25, 0.3) is 0 Å². The molecule has 0 aromatic heterocycles. The summed E-state index contributed by atoms with van der Waals surface area (Å²) in [4.78, 5) is 13.0. The average Bonchev–Trinajstić information content (AvgIpc) is 2.16. The molecule has 0 spiro atoms. The Labute approximate surface area is 89.8 Å². The highest BCUT2D eigenvalue weighted by Crippen LogP contribution is 2.37. The first-order valence-electron chi connectivity index (χ1n) is 4.49. The predicted molar refractivity (Wildman–Crippen MR) is 53.7 cm³/mol. The van der Waals surface area contributed by atoms with Gasteiger partial charge in [-0.25, -0.2) is 0 Å². The van der Waals surface area contributed by atoms with Crippen LogP contribution in [-0.2, 0) is 11.3 Å². The van der Waals surface area contributed by atoms with Crippen LogP contribution in [0.25, 0.3) is 0 Å². The van der Waals surface area contributed by atoms with E-state index in [0.717, 1.165) is 15.8 Å². The molecular weight excluding hydrogens is 246 g/mol. The molecule has 2 heterocycles. The third kappa shape index (κ3) is 1.00. The zero-order valence-electron chi connectivity index (χ0n) is 7.37. The molecule has 1 amide bonds. The largest absolute Gasteiger partial charge is 0.469 e. The number of fused-ring (bicyclic) bond motifs is 2.